The molecule has 0 aromatic carbocycles. The highest BCUT2D eigenvalue weighted by Gasteiger charge is 2.27. The van der Waals surface area contributed by atoms with Gasteiger partial charge in [0.25, 0.3) is 0 Å². The molecule has 1 aliphatic rings. The number of thiophene rings is 1. The molecule has 0 bridgehead atoms. The molecule has 15 heavy (non-hydrogen) atoms. The van der Waals surface area contributed by atoms with Gasteiger partial charge in [-0.15, -0.1) is 11.3 Å². The Hall–Kier alpha value is -0.380. The van der Waals surface area contributed by atoms with Crippen molar-refractivity contribution in [1.29, 1.82) is 0 Å². The van der Waals surface area contributed by atoms with Gasteiger partial charge in [-0.3, -0.25) is 0 Å². The van der Waals surface area contributed by atoms with Gasteiger partial charge < -0.3 is 11.1 Å². The topological polar surface area (TPSA) is 38.0 Å². The molecule has 2 unspecified atom stereocenters. The second-order valence-corrected chi connectivity index (χ2v) is 5.42. The Labute approximate surface area is 95.9 Å². The summed E-state index contributed by atoms with van der Waals surface area (Å²) < 4.78 is 0. The zero-order valence-corrected chi connectivity index (χ0v) is 10.1. The predicted octanol–water partition coefficient (Wildman–Crippen LogP) is 2.53. The third-order valence-electron chi connectivity index (χ3n) is 3.40. The maximum absolute atomic E-state index is 5.78. The summed E-state index contributed by atoms with van der Waals surface area (Å²) in [6.07, 6.45) is 3.92. The molecule has 1 aromatic heterocycles. The van der Waals surface area contributed by atoms with E-state index in [9.17, 15) is 0 Å². The van der Waals surface area contributed by atoms with Crippen LogP contribution in [-0.2, 0) is 0 Å². The van der Waals surface area contributed by atoms with Gasteiger partial charge >= 0.3 is 0 Å². The minimum atomic E-state index is 0.474. The lowest BCUT2D eigenvalue weighted by molar-refractivity contribution is 0.376. The molecule has 0 saturated heterocycles. The van der Waals surface area contributed by atoms with Crippen LogP contribution in [0.2, 0.25) is 0 Å². The lowest BCUT2D eigenvalue weighted by Crippen LogP contribution is -2.37. The maximum atomic E-state index is 5.78. The molecule has 0 spiro atoms. The van der Waals surface area contributed by atoms with Crippen LogP contribution in [0.1, 0.15) is 37.1 Å². The Morgan fingerprint density at radius 1 is 1.60 bits per heavy atom. The van der Waals surface area contributed by atoms with Crippen LogP contribution in [0.3, 0.4) is 0 Å². The third-order valence-corrected chi connectivity index (χ3v) is 4.45. The van der Waals surface area contributed by atoms with Gasteiger partial charge in [0.1, 0.15) is 0 Å². The molecule has 0 amide bonds. The van der Waals surface area contributed by atoms with E-state index >= 15 is 0 Å². The van der Waals surface area contributed by atoms with Gasteiger partial charge in [0.2, 0.25) is 0 Å². The molecular formula is C12H20N2S. The van der Waals surface area contributed by atoms with Gasteiger partial charge in [-0.1, -0.05) is 12.5 Å². The van der Waals surface area contributed by atoms with Crippen molar-refractivity contribution in [3.8, 4) is 0 Å². The van der Waals surface area contributed by atoms with E-state index in [2.05, 4.69) is 29.8 Å². The SMILES string of the molecule is C[C@@H](NC1CCCC1CN)c1cccs1. The van der Waals surface area contributed by atoms with Crippen LogP contribution < -0.4 is 11.1 Å². The minimum absolute atomic E-state index is 0.474. The van der Waals surface area contributed by atoms with Crippen molar-refractivity contribution in [3.05, 3.63) is 22.4 Å². The van der Waals surface area contributed by atoms with Crippen LogP contribution in [0.5, 0.6) is 0 Å². The van der Waals surface area contributed by atoms with E-state index in [0.29, 0.717) is 18.0 Å². The summed E-state index contributed by atoms with van der Waals surface area (Å²) in [5.41, 5.74) is 5.78. The van der Waals surface area contributed by atoms with Gasteiger partial charge in [0, 0.05) is 17.0 Å². The predicted molar refractivity (Wildman–Crippen MR) is 66.1 cm³/mol. The van der Waals surface area contributed by atoms with Crippen LogP contribution >= 0.6 is 11.3 Å². The molecule has 1 fully saturated rings. The molecule has 1 saturated carbocycles. The molecule has 2 nitrogen and oxygen atoms in total. The quantitative estimate of drug-likeness (QED) is 0.825. The Balaban J connectivity index is 1.91. The molecule has 1 aliphatic carbocycles. The minimum Gasteiger partial charge on any atom is -0.330 e. The van der Waals surface area contributed by atoms with E-state index < -0.39 is 0 Å². The fourth-order valence-corrected chi connectivity index (χ4v) is 3.22. The Morgan fingerprint density at radius 3 is 3.13 bits per heavy atom. The van der Waals surface area contributed by atoms with Gasteiger partial charge in [0.15, 0.2) is 0 Å². The number of nitrogens with two attached hydrogens (primary N) is 1. The Kier molecular flexibility index (Phi) is 3.78. The first-order valence-corrected chi connectivity index (χ1v) is 6.68. The number of nitrogens with one attached hydrogen (secondary N) is 1. The van der Waals surface area contributed by atoms with E-state index in [1.807, 2.05) is 11.3 Å². The van der Waals surface area contributed by atoms with E-state index in [4.69, 9.17) is 5.73 Å². The molecule has 1 aromatic rings. The number of hydrogen-bond acceptors (Lipinski definition) is 3. The monoisotopic (exact) mass is 224 g/mol. The maximum Gasteiger partial charge on any atom is 0.0388 e. The van der Waals surface area contributed by atoms with Crippen molar-refractivity contribution in [2.45, 2.75) is 38.3 Å². The largest absolute Gasteiger partial charge is 0.330 e. The summed E-state index contributed by atoms with van der Waals surface area (Å²) in [7, 11) is 0. The van der Waals surface area contributed by atoms with E-state index in [0.717, 1.165) is 6.54 Å². The zero-order valence-electron chi connectivity index (χ0n) is 9.28. The second-order valence-electron chi connectivity index (χ2n) is 4.44. The molecule has 3 heteroatoms. The van der Waals surface area contributed by atoms with Crippen molar-refractivity contribution in [1.82, 2.24) is 5.32 Å². The third kappa shape index (κ3) is 2.60. The summed E-state index contributed by atoms with van der Waals surface area (Å²) in [6.45, 7) is 3.08. The van der Waals surface area contributed by atoms with Gasteiger partial charge in [0.05, 0.1) is 0 Å². The average molecular weight is 224 g/mol. The number of hydrogen-bond donors (Lipinski definition) is 2. The van der Waals surface area contributed by atoms with Crippen molar-refractivity contribution < 1.29 is 0 Å². The first kappa shape index (κ1) is 11.1. The average Bonchev–Trinajstić information content (AvgIpc) is 2.87. The summed E-state index contributed by atoms with van der Waals surface area (Å²) in [6, 6.07) is 5.43. The molecule has 3 N–H and O–H groups in total. The molecule has 3 atom stereocenters. The Morgan fingerprint density at radius 2 is 2.47 bits per heavy atom. The normalized spacial score (nSPS) is 28.1. The van der Waals surface area contributed by atoms with Crippen LogP contribution in [0, 0.1) is 5.92 Å². The van der Waals surface area contributed by atoms with Crippen molar-refractivity contribution in [2.24, 2.45) is 11.7 Å². The Bertz CT molecular complexity index is 284. The molecule has 1 heterocycles. The standard InChI is InChI=1S/C12H20N2S/c1-9(12-6-3-7-15-12)14-11-5-2-4-10(11)8-13/h3,6-7,9-11,14H,2,4-5,8,13H2,1H3/t9-,10?,11?/m1/s1. The first-order valence-electron chi connectivity index (χ1n) is 5.80. The molecule has 0 radical (unpaired) electrons. The lowest BCUT2D eigenvalue weighted by Gasteiger charge is -2.23. The number of rotatable bonds is 4. The van der Waals surface area contributed by atoms with E-state index in [-0.39, 0.29) is 0 Å². The summed E-state index contributed by atoms with van der Waals surface area (Å²) in [4.78, 5) is 1.43. The fourth-order valence-electron chi connectivity index (χ4n) is 2.48. The molecular weight excluding hydrogens is 204 g/mol. The van der Waals surface area contributed by atoms with Gasteiger partial charge in [-0.05, 0) is 43.7 Å². The van der Waals surface area contributed by atoms with Crippen molar-refractivity contribution in [2.75, 3.05) is 6.54 Å². The van der Waals surface area contributed by atoms with Gasteiger partial charge in [-0.2, -0.15) is 0 Å². The van der Waals surface area contributed by atoms with Crippen molar-refractivity contribution >= 4 is 11.3 Å². The van der Waals surface area contributed by atoms with Crippen LogP contribution in [0.25, 0.3) is 0 Å². The fraction of sp³-hybridized carbons (Fsp3) is 0.667. The summed E-state index contributed by atoms with van der Waals surface area (Å²) in [5.74, 6) is 0.687. The summed E-state index contributed by atoms with van der Waals surface area (Å²) >= 11 is 1.83. The smallest absolute Gasteiger partial charge is 0.0388 e. The van der Waals surface area contributed by atoms with Crippen LogP contribution in [0.15, 0.2) is 17.5 Å². The van der Waals surface area contributed by atoms with E-state index in [1.54, 1.807) is 0 Å². The summed E-state index contributed by atoms with van der Waals surface area (Å²) in [5, 5.41) is 5.85. The highest BCUT2D eigenvalue weighted by atomic mass is 32.1. The lowest BCUT2D eigenvalue weighted by atomic mass is 10.0. The zero-order chi connectivity index (χ0) is 10.7. The van der Waals surface area contributed by atoms with E-state index in [1.165, 1.54) is 24.1 Å². The first-order chi connectivity index (χ1) is 7.31. The van der Waals surface area contributed by atoms with Crippen LogP contribution in [0.4, 0.5) is 0 Å². The van der Waals surface area contributed by atoms with Crippen molar-refractivity contribution in [3.63, 3.8) is 0 Å². The van der Waals surface area contributed by atoms with Gasteiger partial charge in [-0.25, -0.2) is 0 Å². The van der Waals surface area contributed by atoms with Crippen LogP contribution in [-0.4, -0.2) is 12.6 Å². The molecule has 84 valence electrons. The highest BCUT2D eigenvalue weighted by Crippen LogP contribution is 2.28. The molecule has 0 aliphatic heterocycles. The highest BCUT2D eigenvalue weighted by molar-refractivity contribution is 7.10. The molecule has 2 rings (SSSR count). The second kappa shape index (κ2) is 5.10.